The molecule has 0 spiro atoms. The van der Waals surface area contributed by atoms with Crippen molar-refractivity contribution in [3.63, 3.8) is 0 Å². The molecule has 3 aromatic rings. The van der Waals surface area contributed by atoms with Gasteiger partial charge in [-0.1, -0.05) is 5.21 Å². The number of thiazole rings is 1. The number of hydrogen-bond donors (Lipinski definition) is 1. The van der Waals surface area contributed by atoms with Crippen LogP contribution in [0.1, 0.15) is 17.8 Å². The van der Waals surface area contributed by atoms with Crippen molar-refractivity contribution >= 4 is 11.3 Å². The highest BCUT2D eigenvalue weighted by Gasteiger charge is 2.13. The Hall–Kier alpha value is -2.12. The summed E-state index contributed by atoms with van der Waals surface area (Å²) in [6.45, 7) is 2.07. The zero-order chi connectivity index (χ0) is 15.5. The molecule has 0 bridgehead atoms. The molecule has 1 N–H and O–H groups in total. The molecule has 0 fully saturated rings. The van der Waals surface area contributed by atoms with E-state index in [1.54, 1.807) is 16.8 Å². The van der Waals surface area contributed by atoms with Crippen molar-refractivity contribution in [1.82, 2.24) is 20.0 Å². The molecule has 0 amide bonds. The van der Waals surface area contributed by atoms with Crippen LogP contribution in [0.2, 0.25) is 0 Å². The normalized spacial score (nSPS) is 11.0. The topological polar surface area (TPSA) is 63.8 Å². The lowest BCUT2D eigenvalue weighted by atomic mass is 10.2. The van der Waals surface area contributed by atoms with Gasteiger partial charge >= 0.3 is 0 Å². The van der Waals surface area contributed by atoms with Gasteiger partial charge in [0.15, 0.2) is 0 Å². The molecule has 1 aromatic carbocycles. The van der Waals surface area contributed by atoms with Crippen LogP contribution in [0.3, 0.4) is 0 Å². The first kappa shape index (κ1) is 14.8. The van der Waals surface area contributed by atoms with E-state index in [9.17, 15) is 4.39 Å². The van der Waals surface area contributed by atoms with Gasteiger partial charge in [0.05, 0.1) is 17.1 Å². The van der Waals surface area contributed by atoms with E-state index in [0.717, 1.165) is 27.8 Å². The van der Waals surface area contributed by atoms with Gasteiger partial charge in [-0.2, -0.15) is 4.68 Å². The Labute approximate surface area is 131 Å². The van der Waals surface area contributed by atoms with Crippen LogP contribution in [-0.4, -0.2) is 31.7 Å². The molecule has 114 valence electrons. The van der Waals surface area contributed by atoms with Gasteiger partial charge in [-0.3, -0.25) is 0 Å². The van der Waals surface area contributed by atoms with Gasteiger partial charge in [0.25, 0.3) is 0 Å². The van der Waals surface area contributed by atoms with Crippen molar-refractivity contribution in [2.45, 2.75) is 19.8 Å². The van der Waals surface area contributed by atoms with Gasteiger partial charge < -0.3 is 5.11 Å². The second-order valence-corrected chi connectivity index (χ2v) is 5.72. The third-order valence-corrected chi connectivity index (χ3v) is 4.19. The lowest BCUT2D eigenvalue weighted by molar-refractivity contribution is 0.288. The molecule has 0 atom stereocenters. The van der Waals surface area contributed by atoms with E-state index in [1.165, 1.54) is 23.5 Å². The van der Waals surface area contributed by atoms with Crippen molar-refractivity contribution in [1.29, 1.82) is 0 Å². The fourth-order valence-corrected chi connectivity index (χ4v) is 2.96. The van der Waals surface area contributed by atoms with Crippen molar-refractivity contribution in [2.75, 3.05) is 6.61 Å². The smallest absolute Gasteiger partial charge is 0.212 e. The summed E-state index contributed by atoms with van der Waals surface area (Å²) in [5.41, 5.74) is 3.44. The summed E-state index contributed by atoms with van der Waals surface area (Å²) >= 11 is 1.46. The number of aryl methyl sites for hydroxylation is 1. The fourth-order valence-electron chi connectivity index (χ4n) is 2.13. The van der Waals surface area contributed by atoms with Crippen LogP contribution in [0.25, 0.3) is 16.4 Å². The molecular weight excluding hydrogens is 303 g/mol. The zero-order valence-corrected chi connectivity index (χ0v) is 12.8. The molecule has 0 aliphatic rings. The molecule has 22 heavy (non-hydrogen) atoms. The number of aromatic nitrogens is 4. The van der Waals surface area contributed by atoms with E-state index in [4.69, 9.17) is 5.11 Å². The first-order chi connectivity index (χ1) is 10.7. The van der Waals surface area contributed by atoms with Crippen LogP contribution in [0, 0.1) is 12.7 Å². The molecule has 0 saturated carbocycles. The van der Waals surface area contributed by atoms with Crippen LogP contribution < -0.4 is 0 Å². The maximum absolute atomic E-state index is 13.0. The van der Waals surface area contributed by atoms with Gasteiger partial charge in [-0.15, -0.1) is 16.4 Å². The molecule has 3 rings (SSSR count). The Bertz CT molecular complexity index is 766. The minimum absolute atomic E-state index is 0.137. The highest BCUT2D eigenvalue weighted by molar-refractivity contribution is 7.12. The number of aliphatic hydroxyl groups excluding tert-OH is 1. The third kappa shape index (κ3) is 2.90. The number of benzene rings is 1. The van der Waals surface area contributed by atoms with E-state index in [-0.39, 0.29) is 12.4 Å². The second-order valence-electron chi connectivity index (χ2n) is 4.88. The average Bonchev–Trinajstić information content (AvgIpc) is 3.13. The van der Waals surface area contributed by atoms with E-state index in [2.05, 4.69) is 15.3 Å². The molecule has 0 unspecified atom stereocenters. The van der Waals surface area contributed by atoms with E-state index >= 15 is 0 Å². The monoisotopic (exact) mass is 318 g/mol. The number of aliphatic hydroxyl groups is 1. The molecule has 0 aliphatic heterocycles. The minimum atomic E-state index is -0.264. The number of rotatable bonds is 5. The quantitative estimate of drug-likeness (QED) is 0.785. The minimum Gasteiger partial charge on any atom is -0.396 e. The molecular formula is C15H15FN4OS. The summed E-state index contributed by atoms with van der Waals surface area (Å²) in [4.78, 5) is 4.54. The number of nitrogens with zero attached hydrogens (tertiary/aromatic N) is 4. The van der Waals surface area contributed by atoms with Gasteiger partial charge in [0.1, 0.15) is 5.82 Å². The summed E-state index contributed by atoms with van der Waals surface area (Å²) in [6, 6.07) is 6.24. The van der Waals surface area contributed by atoms with Gasteiger partial charge in [0, 0.05) is 17.6 Å². The van der Waals surface area contributed by atoms with E-state index in [0.29, 0.717) is 12.8 Å². The van der Waals surface area contributed by atoms with Gasteiger partial charge in [-0.25, -0.2) is 9.37 Å². The fraction of sp³-hybridized carbons (Fsp3) is 0.267. The number of halogens is 1. The molecule has 0 aliphatic carbocycles. The van der Waals surface area contributed by atoms with Crippen LogP contribution >= 0.6 is 11.3 Å². The standard InChI is InChI=1S/C15H15FN4OS/c1-10-13(3-2-8-21)18-19-20(10)15-17-14(9-22-15)11-4-6-12(16)7-5-11/h4-7,9,21H,2-3,8H2,1H3. The van der Waals surface area contributed by atoms with Crippen LogP contribution in [0.15, 0.2) is 29.6 Å². The van der Waals surface area contributed by atoms with E-state index in [1.807, 2.05) is 12.3 Å². The molecule has 0 saturated heterocycles. The molecule has 7 heteroatoms. The first-order valence-electron chi connectivity index (χ1n) is 6.93. The van der Waals surface area contributed by atoms with Crippen molar-refractivity contribution in [3.8, 4) is 16.4 Å². The predicted octanol–water partition coefficient (Wildman–Crippen LogP) is 2.76. The number of hydrogen-bond acceptors (Lipinski definition) is 5. The highest BCUT2D eigenvalue weighted by atomic mass is 32.1. The highest BCUT2D eigenvalue weighted by Crippen LogP contribution is 2.25. The largest absolute Gasteiger partial charge is 0.396 e. The summed E-state index contributed by atoms with van der Waals surface area (Å²) in [5.74, 6) is -0.264. The average molecular weight is 318 g/mol. The maximum Gasteiger partial charge on any atom is 0.212 e. The Morgan fingerprint density at radius 2 is 2.05 bits per heavy atom. The molecule has 2 aromatic heterocycles. The maximum atomic E-state index is 13.0. The summed E-state index contributed by atoms with van der Waals surface area (Å²) in [5, 5.41) is 19.8. The third-order valence-electron chi connectivity index (χ3n) is 3.38. The van der Waals surface area contributed by atoms with Crippen LogP contribution in [-0.2, 0) is 6.42 Å². The van der Waals surface area contributed by atoms with Crippen molar-refractivity contribution in [3.05, 3.63) is 46.9 Å². The Morgan fingerprint density at radius 1 is 1.27 bits per heavy atom. The lowest BCUT2D eigenvalue weighted by Gasteiger charge is -1.99. The van der Waals surface area contributed by atoms with Crippen LogP contribution in [0.5, 0.6) is 0 Å². The van der Waals surface area contributed by atoms with Crippen molar-refractivity contribution < 1.29 is 9.50 Å². The molecule has 0 radical (unpaired) electrons. The lowest BCUT2D eigenvalue weighted by Crippen LogP contribution is -1.99. The Balaban J connectivity index is 1.87. The first-order valence-corrected chi connectivity index (χ1v) is 7.81. The summed E-state index contributed by atoms with van der Waals surface area (Å²) in [7, 11) is 0. The molecule has 2 heterocycles. The van der Waals surface area contributed by atoms with Crippen LogP contribution in [0.4, 0.5) is 4.39 Å². The van der Waals surface area contributed by atoms with Crippen molar-refractivity contribution in [2.24, 2.45) is 0 Å². The Kier molecular flexibility index (Phi) is 4.26. The van der Waals surface area contributed by atoms with Gasteiger partial charge in [0.2, 0.25) is 5.13 Å². The van der Waals surface area contributed by atoms with Gasteiger partial charge in [-0.05, 0) is 44.0 Å². The summed E-state index contributed by atoms with van der Waals surface area (Å²) in [6.07, 6.45) is 1.36. The van der Waals surface area contributed by atoms with E-state index < -0.39 is 0 Å². The Morgan fingerprint density at radius 3 is 2.77 bits per heavy atom. The molecule has 5 nitrogen and oxygen atoms in total. The predicted molar refractivity (Wildman–Crippen MR) is 82.6 cm³/mol. The summed E-state index contributed by atoms with van der Waals surface area (Å²) < 4.78 is 14.7. The second kappa shape index (κ2) is 6.33. The zero-order valence-electron chi connectivity index (χ0n) is 12.0. The SMILES string of the molecule is Cc1c(CCCO)nnn1-c1nc(-c2ccc(F)cc2)cs1.